The number of rotatable bonds is 6. The smallest absolute Gasteiger partial charge is 0.295 e. The van der Waals surface area contributed by atoms with Gasteiger partial charge in [0.15, 0.2) is 0 Å². The summed E-state index contributed by atoms with van der Waals surface area (Å²) in [5.41, 5.74) is 2.53. The van der Waals surface area contributed by atoms with Crippen LogP contribution in [0.1, 0.15) is 48.9 Å². The largest absolute Gasteiger partial charge is 0.336 e. The van der Waals surface area contributed by atoms with Crippen LogP contribution in [0.3, 0.4) is 0 Å². The van der Waals surface area contributed by atoms with Crippen molar-refractivity contribution in [2.75, 3.05) is 7.05 Å². The van der Waals surface area contributed by atoms with E-state index in [0.717, 1.165) is 12.1 Å². The van der Waals surface area contributed by atoms with Gasteiger partial charge in [-0.2, -0.15) is 5.10 Å². The van der Waals surface area contributed by atoms with E-state index in [1.807, 2.05) is 44.2 Å². The third-order valence-corrected chi connectivity index (χ3v) is 4.51. The number of Topliss-reactive ketones (excluding diaryl/α,β-unsaturated/α-hetero) is 1. The van der Waals surface area contributed by atoms with Gasteiger partial charge in [-0.05, 0) is 45.2 Å². The number of carbonyl (C=O) groups is 2. The van der Waals surface area contributed by atoms with Gasteiger partial charge in [0.2, 0.25) is 0 Å². The average Bonchev–Trinajstić information content (AvgIpc) is 2.87. The van der Waals surface area contributed by atoms with Gasteiger partial charge in [-0.15, -0.1) is 0 Å². The minimum Gasteiger partial charge on any atom is -0.336 e. The van der Waals surface area contributed by atoms with Crippen LogP contribution in [0, 0.1) is 19.8 Å². The molecule has 0 unspecified atom stereocenters. The highest BCUT2D eigenvalue weighted by atomic mass is 16.2. The van der Waals surface area contributed by atoms with E-state index < -0.39 is 11.7 Å². The fraction of sp³-hybridized carbons (Fsp3) is 0.450. The number of aromatic nitrogens is 2. The number of likely N-dealkylation sites (N-methyl/N-ethyl adjacent to an activating group) is 1. The van der Waals surface area contributed by atoms with Crippen molar-refractivity contribution in [3.8, 4) is 5.69 Å². The first-order valence-electron chi connectivity index (χ1n) is 8.67. The molecule has 0 radical (unpaired) electrons. The Bertz CT molecular complexity index is 763. The lowest BCUT2D eigenvalue weighted by Gasteiger charge is -2.25. The van der Waals surface area contributed by atoms with Crippen LogP contribution in [0.2, 0.25) is 0 Å². The molecule has 0 saturated heterocycles. The average molecular weight is 341 g/mol. The van der Waals surface area contributed by atoms with Crippen LogP contribution in [-0.4, -0.2) is 39.5 Å². The monoisotopic (exact) mass is 341 g/mol. The molecule has 0 N–H and O–H groups in total. The van der Waals surface area contributed by atoms with Crippen molar-refractivity contribution in [2.24, 2.45) is 5.92 Å². The third-order valence-electron chi connectivity index (χ3n) is 4.51. The van der Waals surface area contributed by atoms with Gasteiger partial charge in [0, 0.05) is 13.1 Å². The molecule has 0 aliphatic rings. The molecule has 1 aromatic carbocycles. The number of hydrogen-bond acceptors (Lipinski definition) is 3. The Balaban J connectivity index is 2.31. The van der Waals surface area contributed by atoms with E-state index in [0.29, 0.717) is 22.9 Å². The zero-order valence-electron chi connectivity index (χ0n) is 15.9. The van der Waals surface area contributed by atoms with E-state index in [1.54, 1.807) is 23.6 Å². The number of carbonyl (C=O) groups excluding carboxylic acids is 2. The molecule has 0 fully saturated rings. The fourth-order valence-electron chi connectivity index (χ4n) is 3.10. The molecular weight excluding hydrogens is 314 g/mol. The summed E-state index contributed by atoms with van der Waals surface area (Å²) in [5, 5.41) is 4.46. The molecule has 2 aromatic rings. The minimum absolute atomic E-state index is 0.0150. The van der Waals surface area contributed by atoms with E-state index in [1.165, 1.54) is 0 Å². The maximum absolute atomic E-state index is 12.8. The summed E-state index contributed by atoms with van der Waals surface area (Å²) in [7, 11) is 1.69. The van der Waals surface area contributed by atoms with Crippen molar-refractivity contribution in [2.45, 2.75) is 47.1 Å². The summed E-state index contributed by atoms with van der Waals surface area (Å²) >= 11 is 0. The standard InChI is InChI=1S/C20H27N3O2/c1-13(2)12-14(3)22(6)20(25)19(24)18-15(4)21-23(16(18)5)17-10-8-7-9-11-17/h7-11,13-14H,12H2,1-6H3/t14-/m1/s1. The number of nitrogens with zero attached hydrogens (tertiary/aromatic N) is 3. The first-order chi connectivity index (χ1) is 11.7. The summed E-state index contributed by atoms with van der Waals surface area (Å²) in [6.07, 6.45) is 0.858. The van der Waals surface area contributed by atoms with Crippen molar-refractivity contribution in [1.29, 1.82) is 0 Å². The minimum atomic E-state index is -0.490. The van der Waals surface area contributed by atoms with E-state index in [-0.39, 0.29) is 6.04 Å². The highest BCUT2D eigenvalue weighted by Gasteiger charge is 2.29. The second kappa shape index (κ2) is 7.64. The molecule has 5 nitrogen and oxygen atoms in total. The van der Waals surface area contributed by atoms with Crippen LogP contribution < -0.4 is 0 Å². The fourth-order valence-corrected chi connectivity index (χ4v) is 3.10. The Hall–Kier alpha value is -2.43. The second-order valence-electron chi connectivity index (χ2n) is 7.02. The normalized spacial score (nSPS) is 12.3. The molecule has 1 atom stereocenters. The molecule has 1 aromatic heterocycles. The van der Waals surface area contributed by atoms with Crippen molar-refractivity contribution in [3.63, 3.8) is 0 Å². The Morgan fingerprint density at radius 1 is 1.12 bits per heavy atom. The van der Waals surface area contributed by atoms with Crippen LogP contribution in [0.25, 0.3) is 5.69 Å². The number of aryl methyl sites for hydroxylation is 1. The van der Waals surface area contributed by atoms with Crippen LogP contribution in [0.15, 0.2) is 30.3 Å². The zero-order chi connectivity index (χ0) is 18.7. The molecule has 0 aliphatic heterocycles. The zero-order valence-corrected chi connectivity index (χ0v) is 15.9. The summed E-state index contributed by atoms with van der Waals surface area (Å²) in [6, 6.07) is 9.62. The van der Waals surface area contributed by atoms with Gasteiger partial charge < -0.3 is 4.90 Å². The molecule has 0 aliphatic carbocycles. The van der Waals surface area contributed by atoms with E-state index in [2.05, 4.69) is 18.9 Å². The van der Waals surface area contributed by atoms with Gasteiger partial charge >= 0.3 is 0 Å². The molecule has 134 valence electrons. The number of amides is 1. The van der Waals surface area contributed by atoms with Gasteiger partial charge in [0.25, 0.3) is 11.7 Å². The summed E-state index contributed by atoms with van der Waals surface area (Å²) in [5.74, 6) is -0.507. The number of ketones is 1. The number of hydrogen-bond donors (Lipinski definition) is 0. The highest BCUT2D eigenvalue weighted by molar-refractivity contribution is 6.43. The Morgan fingerprint density at radius 3 is 2.28 bits per heavy atom. The van der Waals surface area contributed by atoms with Crippen molar-refractivity contribution < 1.29 is 9.59 Å². The maximum atomic E-state index is 12.8. The topological polar surface area (TPSA) is 55.2 Å². The Labute approximate surface area is 149 Å². The summed E-state index contributed by atoms with van der Waals surface area (Å²) < 4.78 is 1.72. The summed E-state index contributed by atoms with van der Waals surface area (Å²) in [6.45, 7) is 9.78. The number of para-hydroxylation sites is 1. The first-order valence-corrected chi connectivity index (χ1v) is 8.67. The Morgan fingerprint density at radius 2 is 1.72 bits per heavy atom. The molecule has 1 amide bonds. The molecule has 0 spiro atoms. The van der Waals surface area contributed by atoms with Crippen LogP contribution in [0.5, 0.6) is 0 Å². The lowest BCUT2D eigenvalue weighted by atomic mass is 10.0. The van der Waals surface area contributed by atoms with Gasteiger partial charge in [0.1, 0.15) is 0 Å². The van der Waals surface area contributed by atoms with Crippen molar-refractivity contribution >= 4 is 11.7 Å². The van der Waals surface area contributed by atoms with Crippen molar-refractivity contribution in [3.05, 3.63) is 47.3 Å². The van der Waals surface area contributed by atoms with E-state index in [4.69, 9.17) is 0 Å². The number of benzene rings is 1. The lowest BCUT2D eigenvalue weighted by molar-refractivity contribution is -0.127. The molecule has 1 heterocycles. The van der Waals surface area contributed by atoms with Crippen LogP contribution in [0.4, 0.5) is 0 Å². The Kier molecular flexibility index (Phi) is 5.77. The van der Waals surface area contributed by atoms with Gasteiger partial charge in [-0.25, -0.2) is 4.68 Å². The predicted octanol–water partition coefficient (Wildman–Crippen LogP) is 3.56. The molecule has 2 rings (SSSR count). The van der Waals surface area contributed by atoms with Gasteiger partial charge in [0.05, 0.1) is 22.6 Å². The van der Waals surface area contributed by atoms with Crippen molar-refractivity contribution in [1.82, 2.24) is 14.7 Å². The SMILES string of the molecule is Cc1nn(-c2ccccc2)c(C)c1C(=O)C(=O)N(C)[C@H](C)CC(C)C. The molecule has 25 heavy (non-hydrogen) atoms. The predicted molar refractivity (Wildman–Crippen MR) is 99.1 cm³/mol. The molecule has 0 bridgehead atoms. The maximum Gasteiger partial charge on any atom is 0.295 e. The molecule has 0 saturated carbocycles. The summed E-state index contributed by atoms with van der Waals surface area (Å²) in [4.78, 5) is 27.0. The van der Waals surface area contributed by atoms with Crippen LogP contribution in [-0.2, 0) is 4.79 Å². The quantitative estimate of drug-likeness (QED) is 0.596. The molecule has 5 heteroatoms. The van der Waals surface area contributed by atoms with Gasteiger partial charge in [-0.1, -0.05) is 32.0 Å². The lowest BCUT2D eigenvalue weighted by Crippen LogP contribution is -2.40. The molecular formula is C20H27N3O2. The highest BCUT2D eigenvalue weighted by Crippen LogP contribution is 2.20. The van der Waals surface area contributed by atoms with Gasteiger partial charge in [-0.3, -0.25) is 9.59 Å². The van der Waals surface area contributed by atoms with E-state index >= 15 is 0 Å². The second-order valence-corrected chi connectivity index (χ2v) is 7.02. The van der Waals surface area contributed by atoms with Crippen LogP contribution >= 0.6 is 0 Å². The first kappa shape index (κ1) is 18.9. The van der Waals surface area contributed by atoms with E-state index in [9.17, 15) is 9.59 Å². The third kappa shape index (κ3) is 3.98.